The minimum Gasteiger partial charge on any atom is -0.544 e. The van der Waals surface area contributed by atoms with Gasteiger partial charge in [-0.1, -0.05) is 63.2 Å². The van der Waals surface area contributed by atoms with E-state index in [4.69, 9.17) is 9.16 Å². The van der Waals surface area contributed by atoms with Gasteiger partial charge in [-0.3, -0.25) is 0 Å². The maximum Gasteiger partial charge on any atom is 0.407 e. The molecule has 5 heteroatoms. The summed E-state index contributed by atoms with van der Waals surface area (Å²) in [5.41, 5.74) is 1.97. The summed E-state index contributed by atoms with van der Waals surface area (Å²) >= 11 is 0. The number of carbonyl (C=O) groups is 1. The van der Waals surface area contributed by atoms with Crippen LogP contribution in [0.5, 0.6) is 5.75 Å². The van der Waals surface area contributed by atoms with Crippen molar-refractivity contribution in [1.82, 2.24) is 5.32 Å². The van der Waals surface area contributed by atoms with E-state index in [1.165, 1.54) is 0 Å². The molecular formula is C21H29NO3Si. The molecule has 0 saturated heterocycles. The van der Waals surface area contributed by atoms with Crippen LogP contribution < -0.4 is 9.74 Å². The Hall–Kier alpha value is -2.27. The number of amides is 1. The van der Waals surface area contributed by atoms with E-state index in [0.29, 0.717) is 6.54 Å². The van der Waals surface area contributed by atoms with Crippen LogP contribution in [0.15, 0.2) is 54.6 Å². The van der Waals surface area contributed by atoms with Crippen LogP contribution in [0.1, 0.15) is 31.9 Å². The van der Waals surface area contributed by atoms with Gasteiger partial charge in [0.2, 0.25) is 8.32 Å². The molecule has 0 aliphatic heterocycles. The van der Waals surface area contributed by atoms with Crippen molar-refractivity contribution in [2.24, 2.45) is 0 Å². The molecule has 0 fully saturated rings. The van der Waals surface area contributed by atoms with Gasteiger partial charge in [0, 0.05) is 6.54 Å². The second-order valence-corrected chi connectivity index (χ2v) is 12.6. The molecule has 2 aromatic carbocycles. The Kier molecular flexibility index (Phi) is 6.48. The lowest BCUT2D eigenvalue weighted by Crippen LogP contribution is -2.43. The lowest BCUT2D eigenvalue weighted by atomic mass is 10.2. The molecule has 1 amide bonds. The first-order valence-corrected chi connectivity index (χ1v) is 11.8. The van der Waals surface area contributed by atoms with Crippen molar-refractivity contribution in [3.8, 4) is 5.75 Å². The Morgan fingerprint density at radius 3 is 2.15 bits per heavy atom. The maximum atomic E-state index is 11.8. The van der Waals surface area contributed by atoms with Crippen molar-refractivity contribution in [2.75, 3.05) is 0 Å². The third kappa shape index (κ3) is 5.91. The minimum atomic E-state index is -1.83. The zero-order chi connectivity index (χ0) is 19.2. The summed E-state index contributed by atoms with van der Waals surface area (Å²) < 4.78 is 11.5. The summed E-state index contributed by atoms with van der Waals surface area (Å²) in [4.78, 5) is 11.8. The van der Waals surface area contributed by atoms with Gasteiger partial charge in [0.1, 0.15) is 12.4 Å². The van der Waals surface area contributed by atoms with E-state index in [9.17, 15) is 4.79 Å². The van der Waals surface area contributed by atoms with E-state index in [-0.39, 0.29) is 11.6 Å². The molecule has 0 aliphatic rings. The first kappa shape index (κ1) is 20.0. The number of alkyl carbamates (subject to hydrolysis) is 1. The van der Waals surface area contributed by atoms with Crippen LogP contribution >= 0.6 is 0 Å². The predicted octanol–water partition coefficient (Wildman–Crippen LogP) is 5.50. The zero-order valence-corrected chi connectivity index (χ0v) is 17.3. The summed E-state index contributed by atoms with van der Waals surface area (Å²) in [6.07, 6.45) is -0.421. The summed E-state index contributed by atoms with van der Waals surface area (Å²) in [5.74, 6) is 0.881. The highest BCUT2D eigenvalue weighted by molar-refractivity contribution is 6.74. The lowest BCUT2D eigenvalue weighted by Gasteiger charge is -2.36. The molecule has 0 radical (unpaired) electrons. The molecule has 26 heavy (non-hydrogen) atoms. The van der Waals surface area contributed by atoms with E-state index in [1.807, 2.05) is 54.6 Å². The quantitative estimate of drug-likeness (QED) is 0.682. The average Bonchev–Trinajstić information content (AvgIpc) is 2.59. The maximum absolute atomic E-state index is 11.8. The third-order valence-corrected chi connectivity index (χ3v) is 9.11. The van der Waals surface area contributed by atoms with Crippen LogP contribution in [-0.2, 0) is 17.9 Å². The van der Waals surface area contributed by atoms with Crippen LogP contribution in [0.3, 0.4) is 0 Å². The van der Waals surface area contributed by atoms with Gasteiger partial charge >= 0.3 is 6.09 Å². The van der Waals surface area contributed by atoms with Crippen LogP contribution in [0, 0.1) is 0 Å². The number of ether oxygens (including phenoxy) is 1. The molecule has 4 nitrogen and oxygen atoms in total. The topological polar surface area (TPSA) is 47.6 Å². The zero-order valence-electron chi connectivity index (χ0n) is 16.3. The van der Waals surface area contributed by atoms with Gasteiger partial charge in [0.15, 0.2) is 0 Å². The molecule has 140 valence electrons. The van der Waals surface area contributed by atoms with E-state index >= 15 is 0 Å². The van der Waals surface area contributed by atoms with E-state index < -0.39 is 14.4 Å². The first-order valence-electron chi connectivity index (χ1n) is 8.90. The van der Waals surface area contributed by atoms with E-state index in [0.717, 1.165) is 16.9 Å². The number of carbonyl (C=O) groups excluding carboxylic acids is 1. The van der Waals surface area contributed by atoms with Gasteiger partial charge < -0.3 is 14.5 Å². The Bertz CT molecular complexity index is 706. The summed E-state index contributed by atoms with van der Waals surface area (Å²) in [7, 11) is -1.83. The van der Waals surface area contributed by atoms with Crippen molar-refractivity contribution in [3.63, 3.8) is 0 Å². The standard InChI is InChI=1S/C21H29NO3Si/c1-21(2,3)26(4,5)25-19-13-11-17(12-14-19)15-22-20(23)24-16-18-9-7-6-8-10-18/h6-14H,15-16H2,1-5H3,(H,22,23). The number of nitrogens with one attached hydrogen (secondary N) is 1. The average molecular weight is 372 g/mol. The molecule has 2 aromatic rings. The van der Waals surface area contributed by atoms with Crippen LogP contribution in [0.2, 0.25) is 18.1 Å². The molecule has 0 spiro atoms. The van der Waals surface area contributed by atoms with Gasteiger partial charge in [-0.05, 0) is 41.4 Å². The van der Waals surface area contributed by atoms with Crippen LogP contribution in [0.4, 0.5) is 4.79 Å². The van der Waals surface area contributed by atoms with Crippen molar-refractivity contribution in [2.45, 2.75) is 52.1 Å². The number of rotatable bonds is 6. The molecule has 0 heterocycles. The second kappa shape index (κ2) is 8.41. The van der Waals surface area contributed by atoms with Gasteiger partial charge in [-0.15, -0.1) is 0 Å². The van der Waals surface area contributed by atoms with Gasteiger partial charge in [-0.2, -0.15) is 0 Å². The van der Waals surface area contributed by atoms with Gasteiger partial charge in [-0.25, -0.2) is 4.79 Å². The van der Waals surface area contributed by atoms with E-state index in [2.05, 4.69) is 39.2 Å². The largest absolute Gasteiger partial charge is 0.544 e. The fraction of sp³-hybridized carbons (Fsp3) is 0.381. The molecule has 0 aliphatic carbocycles. The monoisotopic (exact) mass is 371 g/mol. The SMILES string of the molecule is CC(C)(C)[Si](C)(C)Oc1ccc(CNC(=O)OCc2ccccc2)cc1. The lowest BCUT2D eigenvalue weighted by molar-refractivity contribution is 0.139. The number of benzene rings is 2. The highest BCUT2D eigenvalue weighted by Crippen LogP contribution is 2.37. The number of hydrogen-bond acceptors (Lipinski definition) is 3. The molecule has 0 saturated carbocycles. The normalized spacial score (nSPS) is 11.7. The van der Waals surface area contributed by atoms with Crippen LogP contribution in [0.25, 0.3) is 0 Å². The predicted molar refractivity (Wildman–Crippen MR) is 108 cm³/mol. The summed E-state index contributed by atoms with van der Waals surface area (Å²) in [5, 5.41) is 2.93. The fourth-order valence-electron chi connectivity index (χ4n) is 2.07. The molecule has 1 N–H and O–H groups in total. The van der Waals surface area contributed by atoms with Gasteiger partial charge in [0.05, 0.1) is 0 Å². The summed E-state index contributed by atoms with van der Waals surface area (Å²) in [6, 6.07) is 17.5. The smallest absolute Gasteiger partial charge is 0.407 e. The number of hydrogen-bond donors (Lipinski definition) is 1. The molecule has 0 aromatic heterocycles. The Morgan fingerprint density at radius 2 is 1.58 bits per heavy atom. The third-order valence-electron chi connectivity index (χ3n) is 4.75. The fourth-order valence-corrected chi connectivity index (χ4v) is 3.10. The molecule has 0 bridgehead atoms. The van der Waals surface area contributed by atoms with Crippen molar-refractivity contribution >= 4 is 14.4 Å². The van der Waals surface area contributed by atoms with Crippen molar-refractivity contribution < 1.29 is 14.0 Å². The highest BCUT2D eigenvalue weighted by atomic mass is 28.4. The Labute approximate surface area is 157 Å². The molecule has 0 atom stereocenters. The van der Waals surface area contributed by atoms with Crippen molar-refractivity contribution in [3.05, 3.63) is 65.7 Å². The second-order valence-electron chi connectivity index (χ2n) is 7.92. The Morgan fingerprint density at radius 1 is 0.962 bits per heavy atom. The van der Waals surface area contributed by atoms with Crippen molar-refractivity contribution in [1.29, 1.82) is 0 Å². The van der Waals surface area contributed by atoms with Gasteiger partial charge in [0.25, 0.3) is 0 Å². The molecule has 2 rings (SSSR count). The molecule has 0 unspecified atom stereocenters. The molecular weight excluding hydrogens is 342 g/mol. The van der Waals surface area contributed by atoms with Crippen LogP contribution in [-0.4, -0.2) is 14.4 Å². The summed E-state index contributed by atoms with van der Waals surface area (Å²) in [6.45, 7) is 11.8. The minimum absolute atomic E-state index is 0.162. The Balaban J connectivity index is 1.81. The first-order chi connectivity index (χ1) is 12.2. The highest BCUT2D eigenvalue weighted by Gasteiger charge is 2.38. The van der Waals surface area contributed by atoms with E-state index in [1.54, 1.807) is 0 Å².